The second kappa shape index (κ2) is 3.64. The number of nitrogens with two attached hydrogens (primary N) is 1. The molecule has 2 aliphatic heterocycles. The Labute approximate surface area is 78.0 Å². The van der Waals surface area contributed by atoms with Crippen molar-refractivity contribution in [1.82, 2.24) is 4.90 Å². The van der Waals surface area contributed by atoms with Crippen LogP contribution in [-0.2, 0) is 9.53 Å². The second-order valence-corrected chi connectivity index (χ2v) is 3.89. The number of amides is 1. The largest absolute Gasteiger partial charge is 0.381 e. The van der Waals surface area contributed by atoms with Gasteiger partial charge in [0.25, 0.3) is 0 Å². The molecule has 0 aromatic carbocycles. The number of carbonyl (C=O) groups excluding carboxylic acids is 1. The van der Waals surface area contributed by atoms with Crippen LogP contribution in [0.5, 0.6) is 0 Å². The Morgan fingerprint density at radius 1 is 1.46 bits per heavy atom. The number of carbonyl (C=O) groups is 1. The van der Waals surface area contributed by atoms with Crippen LogP contribution in [0.15, 0.2) is 0 Å². The Bertz CT molecular complexity index is 202. The summed E-state index contributed by atoms with van der Waals surface area (Å²) < 4.78 is 5.19. The zero-order valence-corrected chi connectivity index (χ0v) is 7.74. The van der Waals surface area contributed by atoms with E-state index in [1.165, 1.54) is 0 Å². The fraction of sp³-hybridized carbons (Fsp3) is 0.889. The highest BCUT2D eigenvalue weighted by atomic mass is 16.5. The average molecular weight is 184 g/mol. The average Bonchev–Trinajstić information content (AvgIpc) is 2.72. The van der Waals surface area contributed by atoms with Gasteiger partial charge in [0.2, 0.25) is 5.91 Å². The lowest BCUT2D eigenvalue weighted by Gasteiger charge is -2.18. The van der Waals surface area contributed by atoms with Gasteiger partial charge in [0.15, 0.2) is 0 Å². The maximum atomic E-state index is 11.8. The van der Waals surface area contributed by atoms with Crippen LogP contribution in [0.4, 0.5) is 0 Å². The van der Waals surface area contributed by atoms with Gasteiger partial charge in [-0.1, -0.05) is 0 Å². The Morgan fingerprint density at radius 3 is 2.85 bits per heavy atom. The maximum Gasteiger partial charge on any atom is 0.228 e. The van der Waals surface area contributed by atoms with Gasteiger partial charge in [0, 0.05) is 25.7 Å². The molecule has 1 amide bonds. The first-order valence-corrected chi connectivity index (χ1v) is 4.89. The normalized spacial score (nSPS) is 34.1. The SMILES string of the molecule is N[C@@H]1CCN(C(=O)[C@H]2CCOC2)C1. The number of likely N-dealkylation sites (tertiary alicyclic amines) is 1. The van der Waals surface area contributed by atoms with Crippen molar-refractivity contribution in [2.75, 3.05) is 26.3 Å². The number of hydrogen-bond acceptors (Lipinski definition) is 3. The third-order valence-electron chi connectivity index (χ3n) is 2.82. The molecular weight excluding hydrogens is 168 g/mol. The van der Waals surface area contributed by atoms with Crippen LogP contribution in [0.2, 0.25) is 0 Å². The van der Waals surface area contributed by atoms with E-state index in [1.807, 2.05) is 4.90 Å². The Morgan fingerprint density at radius 2 is 2.31 bits per heavy atom. The Hall–Kier alpha value is -0.610. The van der Waals surface area contributed by atoms with Gasteiger partial charge in [0.05, 0.1) is 12.5 Å². The van der Waals surface area contributed by atoms with E-state index < -0.39 is 0 Å². The molecule has 13 heavy (non-hydrogen) atoms. The minimum atomic E-state index is 0.102. The standard InChI is InChI=1S/C9H16N2O2/c10-8-1-3-11(5-8)9(12)7-2-4-13-6-7/h7-8H,1-6,10H2/t7-,8+/m0/s1. The molecule has 0 spiro atoms. The Balaban J connectivity index is 1.89. The number of rotatable bonds is 1. The van der Waals surface area contributed by atoms with Gasteiger partial charge in [-0.15, -0.1) is 0 Å². The predicted molar refractivity (Wildman–Crippen MR) is 48.1 cm³/mol. The van der Waals surface area contributed by atoms with E-state index in [9.17, 15) is 4.79 Å². The van der Waals surface area contributed by atoms with E-state index in [2.05, 4.69) is 0 Å². The summed E-state index contributed by atoms with van der Waals surface area (Å²) in [5.41, 5.74) is 5.74. The van der Waals surface area contributed by atoms with Crippen molar-refractivity contribution in [1.29, 1.82) is 0 Å². The third-order valence-corrected chi connectivity index (χ3v) is 2.82. The summed E-state index contributed by atoms with van der Waals surface area (Å²) in [6.45, 7) is 2.90. The zero-order valence-electron chi connectivity index (χ0n) is 7.74. The molecule has 0 radical (unpaired) electrons. The summed E-state index contributed by atoms with van der Waals surface area (Å²) in [5.74, 6) is 0.343. The molecule has 2 aliphatic rings. The minimum absolute atomic E-state index is 0.102. The van der Waals surface area contributed by atoms with Gasteiger partial charge in [-0.3, -0.25) is 4.79 Å². The summed E-state index contributed by atoms with van der Waals surface area (Å²) in [6, 6.07) is 0.186. The van der Waals surface area contributed by atoms with Gasteiger partial charge in [-0.25, -0.2) is 0 Å². The second-order valence-electron chi connectivity index (χ2n) is 3.89. The van der Waals surface area contributed by atoms with Crippen molar-refractivity contribution >= 4 is 5.91 Å². The highest BCUT2D eigenvalue weighted by Gasteiger charge is 2.31. The number of hydrogen-bond donors (Lipinski definition) is 1. The van der Waals surface area contributed by atoms with Gasteiger partial charge < -0.3 is 15.4 Å². The Kier molecular flexibility index (Phi) is 2.51. The van der Waals surface area contributed by atoms with E-state index >= 15 is 0 Å². The minimum Gasteiger partial charge on any atom is -0.381 e. The molecule has 0 aromatic heterocycles. The molecule has 0 saturated carbocycles. The topological polar surface area (TPSA) is 55.6 Å². The van der Waals surface area contributed by atoms with Gasteiger partial charge in [-0.2, -0.15) is 0 Å². The molecule has 74 valence electrons. The molecule has 2 fully saturated rings. The monoisotopic (exact) mass is 184 g/mol. The summed E-state index contributed by atoms with van der Waals surface area (Å²) in [6.07, 6.45) is 1.82. The van der Waals surface area contributed by atoms with E-state index in [1.54, 1.807) is 0 Å². The van der Waals surface area contributed by atoms with Crippen LogP contribution >= 0.6 is 0 Å². The van der Waals surface area contributed by atoms with Crippen LogP contribution in [0.3, 0.4) is 0 Å². The van der Waals surface area contributed by atoms with Crippen LogP contribution < -0.4 is 5.73 Å². The van der Waals surface area contributed by atoms with E-state index in [0.717, 1.165) is 32.5 Å². The van der Waals surface area contributed by atoms with Crippen LogP contribution in [0.25, 0.3) is 0 Å². The van der Waals surface area contributed by atoms with Gasteiger partial charge >= 0.3 is 0 Å². The third kappa shape index (κ3) is 1.84. The highest BCUT2D eigenvalue weighted by Crippen LogP contribution is 2.18. The zero-order chi connectivity index (χ0) is 9.26. The quantitative estimate of drug-likeness (QED) is 0.602. The maximum absolute atomic E-state index is 11.8. The fourth-order valence-corrected chi connectivity index (χ4v) is 1.97. The van der Waals surface area contributed by atoms with E-state index in [4.69, 9.17) is 10.5 Å². The van der Waals surface area contributed by atoms with Crippen molar-refractivity contribution in [3.05, 3.63) is 0 Å². The number of nitrogens with zero attached hydrogens (tertiary/aromatic N) is 1. The molecule has 2 atom stereocenters. The first-order valence-electron chi connectivity index (χ1n) is 4.89. The van der Waals surface area contributed by atoms with Crippen LogP contribution in [0.1, 0.15) is 12.8 Å². The lowest BCUT2D eigenvalue weighted by Crippen LogP contribution is -2.36. The first kappa shape index (κ1) is 8.97. The molecule has 0 aromatic rings. The highest BCUT2D eigenvalue weighted by molar-refractivity contribution is 5.79. The number of ether oxygens (including phenoxy) is 1. The summed E-state index contributed by atoms with van der Waals surface area (Å²) in [4.78, 5) is 13.7. The van der Waals surface area contributed by atoms with Crippen LogP contribution in [-0.4, -0.2) is 43.2 Å². The molecule has 0 unspecified atom stereocenters. The van der Waals surface area contributed by atoms with Crippen LogP contribution in [0, 0.1) is 5.92 Å². The fourth-order valence-electron chi connectivity index (χ4n) is 1.97. The van der Waals surface area contributed by atoms with Crippen molar-refractivity contribution in [2.24, 2.45) is 11.7 Å². The first-order chi connectivity index (χ1) is 6.27. The van der Waals surface area contributed by atoms with E-state index in [0.29, 0.717) is 6.61 Å². The van der Waals surface area contributed by atoms with Gasteiger partial charge in [0.1, 0.15) is 0 Å². The van der Waals surface area contributed by atoms with Crippen molar-refractivity contribution in [2.45, 2.75) is 18.9 Å². The summed E-state index contributed by atoms with van der Waals surface area (Å²) in [5, 5.41) is 0. The summed E-state index contributed by atoms with van der Waals surface area (Å²) >= 11 is 0. The molecule has 2 rings (SSSR count). The van der Waals surface area contributed by atoms with E-state index in [-0.39, 0.29) is 17.9 Å². The van der Waals surface area contributed by atoms with Crippen molar-refractivity contribution in [3.63, 3.8) is 0 Å². The molecule has 2 N–H and O–H groups in total. The lowest BCUT2D eigenvalue weighted by molar-refractivity contribution is -0.134. The van der Waals surface area contributed by atoms with Gasteiger partial charge in [-0.05, 0) is 12.8 Å². The van der Waals surface area contributed by atoms with Crippen molar-refractivity contribution < 1.29 is 9.53 Å². The van der Waals surface area contributed by atoms with Crippen molar-refractivity contribution in [3.8, 4) is 0 Å². The molecule has 2 heterocycles. The molecular formula is C9H16N2O2. The smallest absolute Gasteiger partial charge is 0.228 e. The molecule has 0 bridgehead atoms. The molecule has 4 nitrogen and oxygen atoms in total. The molecule has 2 saturated heterocycles. The predicted octanol–water partition coefficient (Wildman–Crippen LogP) is -0.418. The summed E-state index contributed by atoms with van der Waals surface area (Å²) in [7, 11) is 0. The lowest BCUT2D eigenvalue weighted by atomic mass is 10.1. The molecule has 4 heteroatoms. The molecule has 0 aliphatic carbocycles.